The van der Waals surface area contributed by atoms with Crippen molar-refractivity contribution < 1.29 is 13.5 Å². The second-order valence-corrected chi connectivity index (χ2v) is 6.83. The Morgan fingerprint density at radius 3 is 2.50 bits per heavy atom. The third kappa shape index (κ3) is 4.75. The lowest BCUT2D eigenvalue weighted by Crippen LogP contribution is -2.51. The van der Waals surface area contributed by atoms with Crippen molar-refractivity contribution in [3.8, 4) is 0 Å². The Bertz CT molecular complexity index is 328. The van der Waals surface area contributed by atoms with Gasteiger partial charge in [-0.1, -0.05) is 0 Å². The Morgan fingerprint density at radius 2 is 2.06 bits per heavy atom. The molecule has 0 spiro atoms. The lowest BCUT2D eigenvalue weighted by molar-refractivity contribution is 0.0666. The van der Waals surface area contributed by atoms with E-state index in [-0.39, 0.29) is 6.54 Å². The highest BCUT2D eigenvalue weighted by molar-refractivity contribution is 7.87. The zero-order valence-corrected chi connectivity index (χ0v) is 10.8. The molecule has 0 radical (unpaired) electrons. The van der Waals surface area contributed by atoms with Crippen LogP contribution in [0.25, 0.3) is 0 Å². The maximum atomic E-state index is 11.6. The largest absolute Gasteiger partial charge is 0.387 e. The molecule has 0 aliphatic carbocycles. The molecule has 1 saturated heterocycles. The molecule has 96 valence electrons. The highest BCUT2D eigenvalue weighted by Crippen LogP contribution is 2.13. The van der Waals surface area contributed by atoms with Crippen molar-refractivity contribution in [1.29, 1.82) is 0 Å². The average Bonchev–Trinajstić information content (AvgIpc) is 2.46. The Kier molecular flexibility index (Phi) is 3.96. The lowest BCUT2D eigenvalue weighted by Gasteiger charge is -2.24. The minimum absolute atomic E-state index is 0.0331. The van der Waals surface area contributed by atoms with Gasteiger partial charge in [-0.05, 0) is 33.7 Å². The maximum Gasteiger partial charge on any atom is 0.277 e. The smallest absolute Gasteiger partial charge is 0.277 e. The summed E-state index contributed by atoms with van der Waals surface area (Å²) in [5, 5.41) is 12.9. The average molecular weight is 251 g/mol. The van der Waals surface area contributed by atoms with Crippen molar-refractivity contribution >= 4 is 10.2 Å². The molecule has 0 bridgehead atoms. The van der Waals surface area contributed by atoms with Crippen LogP contribution in [0.5, 0.6) is 0 Å². The highest BCUT2D eigenvalue weighted by atomic mass is 32.2. The van der Waals surface area contributed by atoms with Gasteiger partial charge >= 0.3 is 0 Å². The van der Waals surface area contributed by atoms with Gasteiger partial charge in [0.05, 0.1) is 5.60 Å². The van der Waals surface area contributed by atoms with Gasteiger partial charge in [-0.25, -0.2) is 0 Å². The van der Waals surface area contributed by atoms with Crippen LogP contribution in [0.2, 0.25) is 0 Å². The molecule has 1 aliphatic rings. The monoisotopic (exact) mass is 251 g/mol. The molecule has 4 N–H and O–H groups in total. The Hall–Kier alpha value is -0.210. The third-order valence-electron chi connectivity index (χ3n) is 2.25. The van der Waals surface area contributed by atoms with Crippen molar-refractivity contribution in [1.82, 2.24) is 14.8 Å². The van der Waals surface area contributed by atoms with Crippen LogP contribution in [-0.4, -0.2) is 44.3 Å². The van der Waals surface area contributed by atoms with Gasteiger partial charge in [0.25, 0.3) is 10.2 Å². The van der Waals surface area contributed by atoms with E-state index in [1.807, 2.05) is 0 Å². The van der Waals surface area contributed by atoms with Crippen molar-refractivity contribution in [3.63, 3.8) is 0 Å². The number of hydrogen-bond donors (Lipinski definition) is 4. The van der Waals surface area contributed by atoms with Crippen LogP contribution >= 0.6 is 0 Å². The van der Waals surface area contributed by atoms with E-state index >= 15 is 0 Å². The van der Waals surface area contributed by atoms with Gasteiger partial charge in [-0.2, -0.15) is 17.9 Å². The van der Waals surface area contributed by atoms with Crippen LogP contribution < -0.4 is 14.8 Å². The number of aliphatic hydroxyl groups is 1. The van der Waals surface area contributed by atoms with E-state index in [1.165, 1.54) is 0 Å². The molecule has 1 unspecified atom stereocenters. The number of nitrogens with one attached hydrogen (secondary N) is 3. The molecule has 0 aromatic rings. The number of hydrogen-bond acceptors (Lipinski definition) is 4. The molecule has 1 rings (SSSR count). The topological polar surface area (TPSA) is 90.5 Å². The molecular weight excluding hydrogens is 230 g/mol. The Morgan fingerprint density at radius 1 is 1.44 bits per heavy atom. The summed E-state index contributed by atoms with van der Waals surface area (Å²) >= 11 is 0. The first-order valence-corrected chi connectivity index (χ1v) is 6.82. The van der Waals surface area contributed by atoms with Gasteiger partial charge in [0, 0.05) is 18.6 Å². The fourth-order valence-electron chi connectivity index (χ4n) is 1.55. The standard InChI is InChI=1S/C9H21N3O3S/c1-8(2,3)12-16(14,15)11-7-9(13)4-5-10-6-9/h10-13H,4-7H2,1-3H3. The van der Waals surface area contributed by atoms with Crippen molar-refractivity contribution in [2.75, 3.05) is 19.6 Å². The second-order valence-electron chi connectivity index (χ2n) is 5.33. The predicted molar refractivity (Wildman–Crippen MR) is 62.2 cm³/mol. The molecule has 16 heavy (non-hydrogen) atoms. The molecule has 0 aromatic carbocycles. The summed E-state index contributed by atoms with van der Waals surface area (Å²) < 4.78 is 28.0. The first kappa shape index (κ1) is 13.9. The van der Waals surface area contributed by atoms with Gasteiger partial charge in [0.2, 0.25) is 0 Å². The minimum atomic E-state index is -3.55. The maximum absolute atomic E-state index is 11.6. The summed E-state index contributed by atoms with van der Waals surface area (Å²) in [6.45, 7) is 6.45. The fourth-order valence-corrected chi connectivity index (χ4v) is 2.89. The van der Waals surface area contributed by atoms with E-state index in [1.54, 1.807) is 20.8 Å². The predicted octanol–water partition coefficient (Wildman–Crippen LogP) is -1.07. The molecule has 1 aliphatic heterocycles. The zero-order chi connectivity index (χ0) is 12.4. The van der Waals surface area contributed by atoms with Gasteiger partial charge in [-0.3, -0.25) is 0 Å². The van der Waals surface area contributed by atoms with Crippen molar-refractivity contribution in [2.24, 2.45) is 0 Å². The van der Waals surface area contributed by atoms with Crippen molar-refractivity contribution in [3.05, 3.63) is 0 Å². The van der Waals surface area contributed by atoms with E-state index in [4.69, 9.17) is 0 Å². The van der Waals surface area contributed by atoms with Crippen LogP contribution in [0.3, 0.4) is 0 Å². The van der Waals surface area contributed by atoms with E-state index in [0.717, 1.165) is 0 Å². The first-order chi connectivity index (χ1) is 7.12. The van der Waals surface area contributed by atoms with E-state index in [0.29, 0.717) is 19.5 Å². The summed E-state index contributed by atoms with van der Waals surface area (Å²) in [4.78, 5) is 0. The zero-order valence-electron chi connectivity index (χ0n) is 10.0. The first-order valence-electron chi connectivity index (χ1n) is 5.34. The number of rotatable bonds is 4. The third-order valence-corrected chi connectivity index (χ3v) is 3.66. The van der Waals surface area contributed by atoms with Gasteiger partial charge in [-0.15, -0.1) is 0 Å². The molecule has 1 heterocycles. The molecular formula is C9H21N3O3S. The lowest BCUT2D eigenvalue weighted by atomic mass is 10.1. The molecule has 6 nitrogen and oxygen atoms in total. The second kappa shape index (κ2) is 4.58. The molecule has 1 atom stereocenters. The minimum Gasteiger partial charge on any atom is -0.387 e. The van der Waals surface area contributed by atoms with Crippen LogP contribution in [0, 0.1) is 0 Å². The van der Waals surface area contributed by atoms with Crippen LogP contribution in [0.4, 0.5) is 0 Å². The van der Waals surface area contributed by atoms with Gasteiger partial charge in [0.15, 0.2) is 0 Å². The molecule has 0 aromatic heterocycles. The van der Waals surface area contributed by atoms with Crippen LogP contribution in [-0.2, 0) is 10.2 Å². The molecule has 0 amide bonds. The van der Waals surface area contributed by atoms with E-state index < -0.39 is 21.3 Å². The summed E-state index contributed by atoms with van der Waals surface area (Å²) in [5.41, 5.74) is -1.49. The normalized spacial score (nSPS) is 27.2. The van der Waals surface area contributed by atoms with E-state index in [2.05, 4.69) is 14.8 Å². The summed E-state index contributed by atoms with van der Waals surface area (Å²) in [5.74, 6) is 0. The SMILES string of the molecule is CC(C)(C)NS(=O)(=O)NCC1(O)CCNC1. The quantitative estimate of drug-likeness (QED) is 0.512. The van der Waals surface area contributed by atoms with Crippen LogP contribution in [0.1, 0.15) is 27.2 Å². The highest BCUT2D eigenvalue weighted by Gasteiger charge is 2.32. The molecule has 0 saturated carbocycles. The Balaban J connectivity index is 2.48. The Labute approximate surface area is 97.0 Å². The fraction of sp³-hybridized carbons (Fsp3) is 1.00. The van der Waals surface area contributed by atoms with Crippen LogP contribution in [0.15, 0.2) is 0 Å². The van der Waals surface area contributed by atoms with E-state index in [9.17, 15) is 13.5 Å². The molecule has 7 heteroatoms. The number of β-amino-alcohol motifs (C(OH)–C–C–N with tert-alkyl or cyclic N) is 1. The molecule has 1 fully saturated rings. The summed E-state index contributed by atoms with van der Waals surface area (Å²) in [6, 6.07) is 0. The summed E-state index contributed by atoms with van der Waals surface area (Å²) in [6.07, 6.45) is 0.561. The van der Waals surface area contributed by atoms with Gasteiger partial charge < -0.3 is 10.4 Å². The van der Waals surface area contributed by atoms with Gasteiger partial charge in [0.1, 0.15) is 0 Å². The van der Waals surface area contributed by atoms with Crippen molar-refractivity contribution in [2.45, 2.75) is 38.3 Å². The summed E-state index contributed by atoms with van der Waals surface area (Å²) in [7, 11) is -3.55.